The van der Waals surface area contributed by atoms with Crippen LogP contribution in [0, 0.1) is 20.2 Å². The van der Waals surface area contributed by atoms with Crippen molar-refractivity contribution < 1.29 is 15.0 Å². The summed E-state index contributed by atoms with van der Waals surface area (Å²) in [6.45, 7) is 0. The van der Waals surface area contributed by atoms with E-state index in [1.807, 2.05) is 0 Å². The molecule has 0 fully saturated rings. The number of phenolic OH excluding ortho intramolecular Hbond substituents is 1. The van der Waals surface area contributed by atoms with E-state index in [2.05, 4.69) is 9.97 Å². The lowest BCUT2D eigenvalue weighted by Crippen LogP contribution is -2.08. The Bertz CT molecular complexity index is 736. The SMILES string of the molecule is O=c1[nH]cnc2c([N+](=O)[O-])c(O)c([N+](=O)[O-])cc12. The highest BCUT2D eigenvalue weighted by molar-refractivity contribution is 5.92. The van der Waals surface area contributed by atoms with E-state index < -0.39 is 38.0 Å². The van der Waals surface area contributed by atoms with Crippen molar-refractivity contribution in [3.63, 3.8) is 0 Å². The van der Waals surface area contributed by atoms with E-state index >= 15 is 0 Å². The Kier molecular flexibility index (Phi) is 2.39. The summed E-state index contributed by atoms with van der Waals surface area (Å²) in [4.78, 5) is 36.5. The van der Waals surface area contributed by atoms with Gasteiger partial charge in [0.1, 0.15) is 0 Å². The Morgan fingerprint density at radius 3 is 2.50 bits per heavy atom. The second-order valence-corrected chi connectivity index (χ2v) is 3.23. The molecule has 18 heavy (non-hydrogen) atoms. The van der Waals surface area contributed by atoms with Crippen molar-refractivity contribution in [1.82, 2.24) is 9.97 Å². The molecule has 10 heteroatoms. The molecule has 0 unspecified atom stereocenters. The number of aromatic nitrogens is 2. The summed E-state index contributed by atoms with van der Waals surface area (Å²) in [6.07, 6.45) is 0.906. The lowest BCUT2D eigenvalue weighted by molar-refractivity contribution is -0.395. The van der Waals surface area contributed by atoms with E-state index in [-0.39, 0.29) is 5.39 Å². The van der Waals surface area contributed by atoms with Crippen LogP contribution < -0.4 is 5.56 Å². The number of nitro benzene ring substituents is 2. The van der Waals surface area contributed by atoms with E-state index in [1.165, 1.54) is 0 Å². The molecule has 0 spiro atoms. The first-order chi connectivity index (χ1) is 8.43. The molecule has 2 rings (SSSR count). The molecule has 0 aliphatic rings. The Morgan fingerprint density at radius 1 is 1.28 bits per heavy atom. The molecule has 92 valence electrons. The van der Waals surface area contributed by atoms with Gasteiger partial charge in [0, 0.05) is 6.07 Å². The fourth-order valence-corrected chi connectivity index (χ4v) is 1.48. The Hall–Kier alpha value is -3.04. The molecule has 0 aliphatic carbocycles. The smallest absolute Gasteiger partial charge is 0.344 e. The largest absolute Gasteiger partial charge is 0.497 e. The number of nitrogens with zero attached hydrogens (tertiary/aromatic N) is 3. The van der Waals surface area contributed by atoms with Crippen LogP contribution in [-0.4, -0.2) is 24.9 Å². The maximum Gasteiger partial charge on any atom is 0.344 e. The summed E-state index contributed by atoms with van der Waals surface area (Å²) in [7, 11) is 0. The van der Waals surface area contributed by atoms with Crippen LogP contribution in [0.5, 0.6) is 5.75 Å². The number of aromatic hydroxyl groups is 1. The van der Waals surface area contributed by atoms with Gasteiger partial charge in [-0.2, -0.15) is 0 Å². The van der Waals surface area contributed by atoms with Gasteiger partial charge in [-0.15, -0.1) is 0 Å². The molecule has 1 heterocycles. The van der Waals surface area contributed by atoms with Crippen molar-refractivity contribution in [2.45, 2.75) is 0 Å². The molecule has 0 atom stereocenters. The lowest BCUT2D eigenvalue weighted by Gasteiger charge is -2.01. The molecule has 1 aromatic heterocycles. The Balaban J connectivity index is 3.07. The zero-order valence-electron chi connectivity index (χ0n) is 8.48. The van der Waals surface area contributed by atoms with Gasteiger partial charge in [0.05, 0.1) is 21.6 Å². The predicted molar refractivity (Wildman–Crippen MR) is 57.3 cm³/mol. The molecule has 1 aromatic carbocycles. The van der Waals surface area contributed by atoms with Crippen LogP contribution in [0.1, 0.15) is 0 Å². The summed E-state index contributed by atoms with van der Waals surface area (Å²) in [6, 6.07) is 0.740. The molecule has 0 saturated carbocycles. The molecule has 0 bridgehead atoms. The third-order valence-electron chi connectivity index (χ3n) is 2.24. The summed E-state index contributed by atoms with van der Waals surface area (Å²) in [5.41, 5.74) is -3.07. The maximum atomic E-state index is 11.4. The minimum Gasteiger partial charge on any atom is -0.497 e. The number of aromatic amines is 1. The first-order valence-corrected chi connectivity index (χ1v) is 4.45. The number of hydrogen-bond acceptors (Lipinski definition) is 7. The van der Waals surface area contributed by atoms with Crippen LogP contribution in [0.2, 0.25) is 0 Å². The van der Waals surface area contributed by atoms with Crippen molar-refractivity contribution in [1.29, 1.82) is 0 Å². The zero-order chi connectivity index (χ0) is 13.4. The molecule has 0 aliphatic heterocycles. The van der Waals surface area contributed by atoms with Crippen molar-refractivity contribution in [2.24, 2.45) is 0 Å². The van der Waals surface area contributed by atoms with Gasteiger partial charge in [-0.05, 0) is 0 Å². The molecular formula is C8H4N4O6. The van der Waals surface area contributed by atoms with Crippen molar-refractivity contribution >= 4 is 22.3 Å². The topological polar surface area (TPSA) is 152 Å². The van der Waals surface area contributed by atoms with Gasteiger partial charge >= 0.3 is 11.4 Å². The molecule has 0 amide bonds. The molecule has 10 nitrogen and oxygen atoms in total. The van der Waals surface area contributed by atoms with E-state index in [9.17, 15) is 30.1 Å². The standard InChI is InChI=1S/C8H4N4O6/c13-7-4(11(15)16)1-3-5(6(7)12(17)18)9-2-10-8(3)14/h1-2,13H,(H,9,10,14). The highest BCUT2D eigenvalue weighted by atomic mass is 16.6. The molecule has 2 aromatic rings. The third-order valence-corrected chi connectivity index (χ3v) is 2.24. The number of fused-ring (bicyclic) bond motifs is 1. The summed E-state index contributed by atoms with van der Waals surface area (Å²) in [5.74, 6) is -1.13. The highest BCUT2D eigenvalue weighted by Crippen LogP contribution is 2.39. The quantitative estimate of drug-likeness (QED) is 0.580. The van der Waals surface area contributed by atoms with Gasteiger partial charge in [-0.3, -0.25) is 25.0 Å². The molecule has 0 saturated heterocycles. The van der Waals surface area contributed by atoms with E-state index in [0.717, 1.165) is 12.4 Å². The van der Waals surface area contributed by atoms with Crippen LogP contribution in [0.3, 0.4) is 0 Å². The predicted octanol–water partition coefficient (Wildman–Crippen LogP) is 0.445. The van der Waals surface area contributed by atoms with Crippen LogP contribution in [-0.2, 0) is 0 Å². The average molecular weight is 252 g/mol. The second kappa shape index (κ2) is 3.76. The van der Waals surface area contributed by atoms with E-state index in [0.29, 0.717) is 0 Å². The summed E-state index contributed by atoms with van der Waals surface area (Å²) >= 11 is 0. The maximum absolute atomic E-state index is 11.4. The van der Waals surface area contributed by atoms with E-state index in [4.69, 9.17) is 0 Å². The van der Waals surface area contributed by atoms with Crippen molar-refractivity contribution in [2.75, 3.05) is 0 Å². The monoisotopic (exact) mass is 252 g/mol. The first kappa shape index (κ1) is 11.4. The van der Waals surface area contributed by atoms with Crippen LogP contribution in [0.25, 0.3) is 10.9 Å². The number of H-pyrrole nitrogens is 1. The minimum absolute atomic E-state index is 0.339. The number of rotatable bonds is 2. The number of benzene rings is 1. The molecule has 2 N–H and O–H groups in total. The Morgan fingerprint density at radius 2 is 1.94 bits per heavy atom. The fraction of sp³-hybridized carbons (Fsp3) is 0. The second-order valence-electron chi connectivity index (χ2n) is 3.23. The van der Waals surface area contributed by atoms with Crippen LogP contribution >= 0.6 is 0 Å². The number of hydrogen-bond donors (Lipinski definition) is 2. The van der Waals surface area contributed by atoms with E-state index in [1.54, 1.807) is 0 Å². The normalized spacial score (nSPS) is 10.4. The van der Waals surface area contributed by atoms with Gasteiger partial charge in [0.15, 0.2) is 5.52 Å². The van der Waals surface area contributed by atoms with Gasteiger partial charge in [0.25, 0.3) is 11.3 Å². The summed E-state index contributed by atoms with van der Waals surface area (Å²) < 4.78 is 0. The Labute approximate surface area is 96.8 Å². The average Bonchev–Trinajstić information content (AvgIpc) is 2.27. The molecular weight excluding hydrogens is 248 g/mol. The number of nitrogens with one attached hydrogen (secondary N) is 1. The van der Waals surface area contributed by atoms with Gasteiger partial charge in [-0.25, -0.2) is 4.98 Å². The number of phenols is 1. The lowest BCUT2D eigenvalue weighted by atomic mass is 10.1. The van der Waals surface area contributed by atoms with Crippen LogP contribution in [0.15, 0.2) is 17.2 Å². The fourth-order valence-electron chi connectivity index (χ4n) is 1.48. The third kappa shape index (κ3) is 1.52. The van der Waals surface area contributed by atoms with Gasteiger partial charge in [0.2, 0.25) is 0 Å². The van der Waals surface area contributed by atoms with Gasteiger partial charge in [-0.1, -0.05) is 0 Å². The van der Waals surface area contributed by atoms with Crippen molar-refractivity contribution in [3.05, 3.63) is 43.0 Å². The van der Waals surface area contributed by atoms with Crippen LogP contribution in [0.4, 0.5) is 11.4 Å². The zero-order valence-corrected chi connectivity index (χ0v) is 8.48. The van der Waals surface area contributed by atoms with Gasteiger partial charge < -0.3 is 10.1 Å². The minimum atomic E-state index is -1.13. The number of nitro groups is 2. The molecule has 0 radical (unpaired) electrons. The van der Waals surface area contributed by atoms with Crippen molar-refractivity contribution in [3.8, 4) is 5.75 Å². The summed E-state index contributed by atoms with van der Waals surface area (Å²) in [5, 5.41) is 30.6. The highest BCUT2D eigenvalue weighted by Gasteiger charge is 2.30. The first-order valence-electron chi connectivity index (χ1n) is 4.45.